The minimum Gasteiger partial charge on any atom is -0.475 e. The quantitative estimate of drug-likeness (QED) is 0.605. The van der Waals surface area contributed by atoms with Gasteiger partial charge in [0.2, 0.25) is 5.88 Å². The number of pyridine rings is 1. The summed E-state index contributed by atoms with van der Waals surface area (Å²) in [4.78, 5) is 4.38. The third-order valence-electron chi connectivity index (χ3n) is 2.43. The summed E-state index contributed by atoms with van der Waals surface area (Å²) >= 11 is 5.92. The molecule has 0 fully saturated rings. The zero-order valence-electron chi connectivity index (χ0n) is 11.8. The SMILES string of the molecule is Cc1cc(C)c(CCl)c(OCCOC(C)(C)C)n1. The third kappa shape index (κ3) is 4.83. The maximum atomic E-state index is 5.92. The molecular formula is C14H22ClNO2. The predicted octanol–water partition coefficient (Wildman–Crippen LogP) is 3.63. The number of halogens is 1. The first-order valence-corrected chi connectivity index (χ1v) is 6.67. The van der Waals surface area contributed by atoms with E-state index in [1.807, 2.05) is 40.7 Å². The van der Waals surface area contributed by atoms with Gasteiger partial charge >= 0.3 is 0 Å². The van der Waals surface area contributed by atoms with Gasteiger partial charge in [-0.3, -0.25) is 0 Å². The Morgan fingerprint density at radius 3 is 2.44 bits per heavy atom. The Bertz CT molecular complexity index is 400. The van der Waals surface area contributed by atoms with Crippen LogP contribution in [0.15, 0.2) is 6.07 Å². The number of aromatic nitrogens is 1. The molecule has 18 heavy (non-hydrogen) atoms. The summed E-state index contributed by atoms with van der Waals surface area (Å²) in [6.45, 7) is 11.1. The summed E-state index contributed by atoms with van der Waals surface area (Å²) in [6.07, 6.45) is 0. The van der Waals surface area contributed by atoms with Gasteiger partial charge < -0.3 is 9.47 Å². The molecule has 0 saturated carbocycles. The molecule has 3 nitrogen and oxygen atoms in total. The third-order valence-corrected chi connectivity index (χ3v) is 2.70. The van der Waals surface area contributed by atoms with Gasteiger partial charge in [-0.2, -0.15) is 0 Å². The number of alkyl halides is 1. The highest BCUT2D eigenvalue weighted by Gasteiger charge is 2.12. The van der Waals surface area contributed by atoms with Gasteiger partial charge in [-0.1, -0.05) is 0 Å². The lowest BCUT2D eigenvalue weighted by atomic mass is 10.1. The fourth-order valence-electron chi connectivity index (χ4n) is 1.60. The van der Waals surface area contributed by atoms with Crippen LogP contribution in [0.5, 0.6) is 5.88 Å². The Hall–Kier alpha value is -0.800. The summed E-state index contributed by atoms with van der Waals surface area (Å²) < 4.78 is 11.3. The first-order chi connectivity index (χ1) is 8.33. The minimum absolute atomic E-state index is 0.144. The highest BCUT2D eigenvalue weighted by molar-refractivity contribution is 6.17. The van der Waals surface area contributed by atoms with Gasteiger partial charge in [0.05, 0.1) is 18.1 Å². The van der Waals surface area contributed by atoms with Gasteiger partial charge in [-0.15, -0.1) is 11.6 Å². The van der Waals surface area contributed by atoms with Crippen molar-refractivity contribution in [3.63, 3.8) is 0 Å². The van der Waals surface area contributed by atoms with E-state index in [2.05, 4.69) is 4.98 Å². The Balaban J connectivity index is 2.61. The summed E-state index contributed by atoms with van der Waals surface area (Å²) in [5, 5.41) is 0. The van der Waals surface area contributed by atoms with E-state index in [0.717, 1.165) is 16.8 Å². The van der Waals surface area contributed by atoms with Gasteiger partial charge in [0, 0.05) is 11.3 Å². The molecule has 0 bridgehead atoms. The van der Waals surface area contributed by atoms with E-state index < -0.39 is 0 Å². The summed E-state index contributed by atoms with van der Waals surface area (Å²) in [6, 6.07) is 2.01. The van der Waals surface area contributed by atoms with Crippen LogP contribution in [0.25, 0.3) is 0 Å². The normalized spacial score (nSPS) is 11.7. The summed E-state index contributed by atoms with van der Waals surface area (Å²) in [7, 11) is 0. The van der Waals surface area contributed by atoms with Crippen LogP contribution < -0.4 is 4.74 Å². The predicted molar refractivity (Wildman–Crippen MR) is 74.5 cm³/mol. The van der Waals surface area contributed by atoms with Gasteiger partial charge in [-0.05, 0) is 46.2 Å². The van der Waals surface area contributed by atoms with Gasteiger partial charge in [0.15, 0.2) is 0 Å². The second-order valence-corrected chi connectivity index (χ2v) is 5.57. The van der Waals surface area contributed by atoms with E-state index in [4.69, 9.17) is 21.1 Å². The van der Waals surface area contributed by atoms with Crippen molar-refractivity contribution in [1.29, 1.82) is 0 Å². The molecule has 0 N–H and O–H groups in total. The second-order valence-electron chi connectivity index (χ2n) is 5.31. The molecule has 0 atom stereocenters. The molecule has 0 spiro atoms. The second kappa shape index (κ2) is 6.39. The van der Waals surface area contributed by atoms with Crippen molar-refractivity contribution >= 4 is 11.6 Å². The average molecular weight is 272 g/mol. The standard InChI is InChI=1S/C14H22ClNO2/c1-10-8-11(2)16-13(12(10)9-15)17-6-7-18-14(3,4)5/h8H,6-7,9H2,1-5H3. The molecule has 0 radical (unpaired) electrons. The Labute approximate surface area is 114 Å². The highest BCUT2D eigenvalue weighted by atomic mass is 35.5. The number of rotatable bonds is 5. The van der Waals surface area contributed by atoms with Crippen LogP contribution in [0.4, 0.5) is 0 Å². The monoisotopic (exact) mass is 271 g/mol. The molecule has 0 amide bonds. The molecule has 1 aromatic rings. The van der Waals surface area contributed by atoms with Crippen molar-refractivity contribution in [2.75, 3.05) is 13.2 Å². The highest BCUT2D eigenvalue weighted by Crippen LogP contribution is 2.22. The van der Waals surface area contributed by atoms with E-state index in [9.17, 15) is 0 Å². The van der Waals surface area contributed by atoms with Gasteiger partial charge in [0.25, 0.3) is 0 Å². The Morgan fingerprint density at radius 2 is 1.89 bits per heavy atom. The lowest BCUT2D eigenvalue weighted by Crippen LogP contribution is -2.22. The van der Waals surface area contributed by atoms with E-state index in [1.165, 1.54) is 0 Å². The van der Waals surface area contributed by atoms with E-state index in [0.29, 0.717) is 25.0 Å². The van der Waals surface area contributed by atoms with Crippen molar-refractivity contribution in [2.24, 2.45) is 0 Å². The van der Waals surface area contributed by atoms with Crippen molar-refractivity contribution in [2.45, 2.75) is 46.1 Å². The lowest BCUT2D eigenvalue weighted by molar-refractivity contribution is -0.0169. The van der Waals surface area contributed by atoms with Crippen molar-refractivity contribution in [1.82, 2.24) is 4.98 Å². The Morgan fingerprint density at radius 1 is 1.22 bits per heavy atom. The smallest absolute Gasteiger partial charge is 0.218 e. The molecule has 0 unspecified atom stereocenters. The largest absolute Gasteiger partial charge is 0.475 e. The van der Waals surface area contributed by atoms with Crippen molar-refractivity contribution < 1.29 is 9.47 Å². The number of hydrogen-bond donors (Lipinski definition) is 0. The van der Waals surface area contributed by atoms with Crippen molar-refractivity contribution in [3.8, 4) is 5.88 Å². The molecule has 1 rings (SSSR count). The molecule has 1 heterocycles. The molecule has 1 aromatic heterocycles. The average Bonchev–Trinajstić information content (AvgIpc) is 2.22. The van der Waals surface area contributed by atoms with Crippen LogP contribution in [0, 0.1) is 13.8 Å². The van der Waals surface area contributed by atoms with Crippen LogP contribution in [-0.2, 0) is 10.6 Å². The molecule has 102 valence electrons. The van der Waals surface area contributed by atoms with Crippen LogP contribution in [0.3, 0.4) is 0 Å². The van der Waals surface area contributed by atoms with E-state index >= 15 is 0 Å². The molecule has 0 aliphatic carbocycles. The number of aryl methyl sites for hydroxylation is 2. The van der Waals surface area contributed by atoms with Gasteiger partial charge in [0.1, 0.15) is 6.61 Å². The molecule has 0 aromatic carbocycles. The van der Waals surface area contributed by atoms with Crippen LogP contribution in [-0.4, -0.2) is 23.8 Å². The maximum absolute atomic E-state index is 5.92. The van der Waals surface area contributed by atoms with Crippen LogP contribution in [0.1, 0.15) is 37.6 Å². The topological polar surface area (TPSA) is 31.4 Å². The fraction of sp³-hybridized carbons (Fsp3) is 0.643. The Kier molecular flexibility index (Phi) is 5.42. The zero-order chi connectivity index (χ0) is 13.8. The van der Waals surface area contributed by atoms with E-state index in [-0.39, 0.29) is 5.60 Å². The number of nitrogens with zero attached hydrogens (tertiary/aromatic N) is 1. The first-order valence-electron chi connectivity index (χ1n) is 6.13. The summed E-state index contributed by atoms with van der Waals surface area (Å²) in [5.41, 5.74) is 2.87. The number of ether oxygens (including phenoxy) is 2. The first kappa shape index (κ1) is 15.3. The molecule has 0 aliphatic heterocycles. The maximum Gasteiger partial charge on any atom is 0.218 e. The fourth-order valence-corrected chi connectivity index (χ4v) is 1.92. The summed E-state index contributed by atoms with van der Waals surface area (Å²) in [5.74, 6) is 1.04. The lowest BCUT2D eigenvalue weighted by Gasteiger charge is -2.20. The molecule has 0 saturated heterocycles. The van der Waals surface area contributed by atoms with Crippen LogP contribution >= 0.6 is 11.6 Å². The zero-order valence-corrected chi connectivity index (χ0v) is 12.6. The van der Waals surface area contributed by atoms with E-state index in [1.54, 1.807) is 0 Å². The van der Waals surface area contributed by atoms with Crippen LogP contribution in [0.2, 0.25) is 0 Å². The molecule has 0 aliphatic rings. The molecular weight excluding hydrogens is 250 g/mol. The van der Waals surface area contributed by atoms with Gasteiger partial charge in [-0.25, -0.2) is 4.98 Å². The van der Waals surface area contributed by atoms with Crippen molar-refractivity contribution in [3.05, 3.63) is 22.9 Å². The number of hydrogen-bond acceptors (Lipinski definition) is 3. The molecule has 4 heteroatoms. The minimum atomic E-state index is -0.144.